The second-order valence-corrected chi connectivity index (χ2v) is 7.76. The monoisotopic (exact) mass is 458 g/mol. The highest BCUT2D eigenvalue weighted by atomic mass is 19.1. The van der Waals surface area contributed by atoms with E-state index in [0.717, 1.165) is 11.3 Å². The third kappa shape index (κ3) is 5.53. The van der Waals surface area contributed by atoms with Gasteiger partial charge >= 0.3 is 5.97 Å². The zero-order valence-corrected chi connectivity index (χ0v) is 18.7. The largest absolute Gasteiger partial charge is 0.481 e. The van der Waals surface area contributed by atoms with E-state index in [0.29, 0.717) is 40.0 Å². The Morgan fingerprint density at radius 3 is 2.68 bits per heavy atom. The number of anilines is 2. The van der Waals surface area contributed by atoms with Crippen molar-refractivity contribution >= 4 is 17.5 Å². The molecule has 3 aromatic heterocycles. The Bertz CT molecular complexity index is 1330. The Kier molecular flexibility index (Phi) is 6.77. The number of halogens is 1. The number of benzene rings is 1. The Balaban J connectivity index is 1.58. The molecule has 34 heavy (non-hydrogen) atoms. The fourth-order valence-electron chi connectivity index (χ4n) is 3.35. The SMILES string of the molecule is Cc1cc(Oc2ccnc(Nc3ccc(F)c(CCC(=O)O)c3)c2)c(-c2ccccn2)nc1C. The second kappa shape index (κ2) is 10.1. The van der Waals surface area contributed by atoms with Crippen LogP contribution in [0.25, 0.3) is 11.4 Å². The van der Waals surface area contributed by atoms with E-state index in [1.165, 1.54) is 6.07 Å². The third-order valence-electron chi connectivity index (χ3n) is 5.22. The molecular weight excluding hydrogens is 435 g/mol. The van der Waals surface area contributed by atoms with Crippen molar-refractivity contribution in [3.05, 3.63) is 89.6 Å². The first-order chi connectivity index (χ1) is 16.4. The van der Waals surface area contributed by atoms with Crippen LogP contribution >= 0.6 is 0 Å². The number of pyridine rings is 3. The van der Waals surface area contributed by atoms with Gasteiger partial charge in [-0.05, 0) is 73.9 Å². The average Bonchev–Trinajstić information content (AvgIpc) is 2.82. The summed E-state index contributed by atoms with van der Waals surface area (Å²) >= 11 is 0. The summed E-state index contributed by atoms with van der Waals surface area (Å²) in [5, 5.41) is 12.0. The Labute approximate surface area is 196 Å². The number of ether oxygens (including phenoxy) is 1. The second-order valence-electron chi connectivity index (χ2n) is 7.76. The molecule has 0 saturated heterocycles. The predicted molar refractivity (Wildman–Crippen MR) is 127 cm³/mol. The first-order valence-electron chi connectivity index (χ1n) is 10.7. The number of carbonyl (C=O) groups is 1. The predicted octanol–water partition coefficient (Wildman–Crippen LogP) is 5.85. The van der Waals surface area contributed by atoms with Crippen LogP contribution in [0.2, 0.25) is 0 Å². The maximum atomic E-state index is 14.0. The minimum atomic E-state index is -0.977. The molecule has 4 aromatic rings. The quantitative estimate of drug-likeness (QED) is 0.342. The van der Waals surface area contributed by atoms with Crippen molar-refractivity contribution in [3.8, 4) is 22.9 Å². The summed E-state index contributed by atoms with van der Waals surface area (Å²) in [5.74, 6) is 0.172. The normalized spacial score (nSPS) is 10.7. The minimum Gasteiger partial charge on any atom is -0.481 e. The lowest BCUT2D eigenvalue weighted by molar-refractivity contribution is -0.136. The fraction of sp³-hybridized carbons (Fsp3) is 0.154. The summed E-state index contributed by atoms with van der Waals surface area (Å²) in [6, 6.07) is 15.4. The molecule has 0 unspecified atom stereocenters. The van der Waals surface area contributed by atoms with Gasteiger partial charge in [-0.25, -0.2) is 14.4 Å². The zero-order valence-electron chi connectivity index (χ0n) is 18.7. The number of rotatable bonds is 8. The molecule has 0 saturated carbocycles. The lowest BCUT2D eigenvalue weighted by Crippen LogP contribution is -2.01. The van der Waals surface area contributed by atoms with Crippen LogP contribution in [0.1, 0.15) is 23.2 Å². The van der Waals surface area contributed by atoms with E-state index in [1.807, 2.05) is 38.1 Å². The van der Waals surface area contributed by atoms with Crippen molar-refractivity contribution in [1.29, 1.82) is 0 Å². The molecule has 0 aliphatic carbocycles. The van der Waals surface area contributed by atoms with Crippen LogP contribution in [0.5, 0.6) is 11.5 Å². The first kappa shape index (κ1) is 22.8. The lowest BCUT2D eigenvalue weighted by atomic mass is 10.1. The van der Waals surface area contributed by atoms with E-state index in [9.17, 15) is 9.18 Å². The molecule has 0 radical (unpaired) electrons. The molecule has 3 heterocycles. The van der Waals surface area contributed by atoms with Crippen LogP contribution in [-0.2, 0) is 11.2 Å². The molecule has 8 heteroatoms. The van der Waals surface area contributed by atoms with E-state index in [2.05, 4.69) is 20.3 Å². The van der Waals surface area contributed by atoms with Crippen LogP contribution in [0.4, 0.5) is 15.9 Å². The van der Waals surface area contributed by atoms with Gasteiger partial charge in [-0.3, -0.25) is 9.78 Å². The van der Waals surface area contributed by atoms with Gasteiger partial charge in [0.15, 0.2) is 5.75 Å². The standard InChI is InChI=1S/C26H23FN4O3/c1-16-13-23(26(30-17(16)2)22-5-3-4-11-28-22)34-20-10-12-29-24(15-20)31-19-7-8-21(27)18(14-19)6-9-25(32)33/h3-5,7-8,10-15H,6,9H2,1-2H3,(H,29,31)(H,32,33). The van der Waals surface area contributed by atoms with E-state index in [-0.39, 0.29) is 12.8 Å². The van der Waals surface area contributed by atoms with Crippen molar-refractivity contribution in [2.45, 2.75) is 26.7 Å². The summed E-state index contributed by atoms with van der Waals surface area (Å²) in [5.41, 5.74) is 4.13. The number of aryl methyl sites for hydroxylation is 3. The highest BCUT2D eigenvalue weighted by Gasteiger charge is 2.14. The molecule has 0 bridgehead atoms. The van der Waals surface area contributed by atoms with E-state index < -0.39 is 11.8 Å². The molecular formula is C26H23FN4O3. The lowest BCUT2D eigenvalue weighted by Gasteiger charge is -2.14. The van der Waals surface area contributed by atoms with Crippen molar-refractivity contribution in [2.24, 2.45) is 0 Å². The van der Waals surface area contributed by atoms with E-state index in [4.69, 9.17) is 9.84 Å². The highest BCUT2D eigenvalue weighted by molar-refractivity contribution is 5.67. The van der Waals surface area contributed by atoms with Gasteiger partial charge in [0.05, 0.1) is 5.69 Å². The molecule has 7 nitrogen and oxygen atoms in total. The minimum absolute atomic E-state index is 0.101. The molecule has 0 atom stereocenters. The first-order valence-corrected chi connectivity index (χ1v) is 10.7. The molecule has 1 aromatic carbocycles. The summed E-state index contributed by atoms with van der Waals surface area (Å²) in [6.07, 6.45) is 3.26. The Morgan fingerprint density at radius 2 is 1.91 bits per heavy atom. The number of carboxylic acid groups (broad SMARTS) is 1. The van der Waals surface area contributed by atoms with Gasteiger partial charge < -0.3 is 15.2 Å². The molecule has 4 rings (SSSR count). The summed E-state index contributed by atoms with van der Waals surface area (Å²) in [7, 11) is 0. The van der Waals surface area contributed by atoms with E-state index in [1.54, 1.807) is 36.7 Å². The summed E-state index contributed by atoms with van der Waals surface area (Å²) in [6.45, 7) is 3.90. The van der Waals surface area contributed by atoms with Crippen LogP contribution in [0.15, 0.2) is 67.0 Å². The number of aliphatic carboxylic acids is 1. The van der Waals surface area contributed by atoms with Gasteiger partial charge in [0.2, 0.25) is 0 Å². The molecule has 0 aliphatic rings. The van der Waals surface area contributed by atoms with Crippen LogP contribution < -0.4 is 10.1 Å². The zero-order chi connectivity index (χ0) is 24.1. The van der Waals surface area contributed by atoms with Crippen molar-refractivity contribution in [1.82, 2.24) is 15.0 Å². The van der Waals surface area contributed by atoms with Crippen LogP contribution in [0, 0.1) is 19.7 Å². The molecule has 172 valence electrons. The van der Waals surface area contributed by atoms with Crippen molar-refractivity contribution in [3.63, 3.8) is 0 Å². The number of hydrogen-bond acceptors (Lipinski definition) is 6. The van der Waals surface area contributed by atoms with Crippen molar-refractivity contribution < 1.29 is 19.0 Å². The van der Waals surface area contributed by atoms with Gasteiger partial charge in [0, 0.05) is 36.3 Å². The molecule has 0 fully saturated rings. The van der Waals surface area contributed by atoms with Gasteiger partial charge in [-0.2, -0.15) is 0 Å². The van der Waals surface area contributed by atoms with Gasteiger partial charge in [-0.1, -0.05) is 6.07 Å². The third-order valence-corrected chi connectivity index (χ3v) is 5.22. The number of aromatic nitrogens is 3. The summed E-state index contributed by atoms with van der Waals surface area (Å²) < 4.78 is 20.2. The van der Waals surface area contributed by atoms with Crippen LogP contribution in [0.3, 0.4) is 0 Å². The number of hydrogen-bond donors (Lipinski definition) is 2. The Morgan fingerprint density at radius 1 is 1.06 bits per heavy atom. The Hall–Kier alpha value is -4.33. The molecule has 2 N–H and O–H groups in total. The average molecular weight is 458 g/mol. The van der Waals surface area contributed by atoms with E-state index >= 15 is 0 Å². The molecule has 0 spiro atoms. The van der Waals surface area contributed by atoms with Crippen molar-refractivity contribution in [2.75, 3.05) is 5.32 Å². The topological polar surface area (TPSA) is 97.2 Å². The number of nitrogens with one attached hydrogen (secondary N) is 1. The van der Waals surface area contributed by atoms with Gasteiger partial charge in [0.25, 0.3) is 0 Å². The number of carboxylic acids is 1. The maximum absolute atomic E-state index is 14.0. The van der Waals surface area contributed by atoms with Gasteiger partial charge in [0.1, 0.15) is 23.1 Å². The molecule has 0 amide bonds. The maximum Gasteiger partial charge on any atom is 0.303 e. The van der Waals surface area contributed by atoms with Gasteiger partial charge in [-0.15, -0.1) is 0 Å². The highest BCUT2D eigenvalue weighted by Crippen LogP contribution is 2.33. The smallest absolute Gasteiger partial charge is 0.303 e. The molecule has 0 aliphatic heterocycles. The van der Waals surface area contributed by atoms with Crippen LogP contribution in [-0.4, -0.2) is 26.0 Å². The summed E-state index contributed by atoms with van der Waals surface area (Å²) in [4.78, 5) is 24.2. The fourth-order valence-corrected chi connectivity index (χ4v) is 3.35. The number of nitrogens with zero attached hydrogens (tertiary/aromatic N) is 3.